The van der Waals surface area contributed by atoms with Crippen molar-refractivity contribution in [2.45, 2.75) is 32.9 Å². The van der Waals surface area contributed by atoms with Crippen LogP contribution in [0.2, 0.25) is 0 Å². The summed E-state index contributed by atoms with van der Waals surface area (Å²) in [5, 5.41) is 17.4. The first kappa shape index (κ1) is 26.9. The summed E-state index contributed by atoms with van der Waals surface area (Å²) in [5.41, 5.74) is 8.90. The quantitative estimate of drug-likeness (QED) is 0.542. The zero-order valence-electron chi connectivity index (χ0n) is 15.5. The fourth-order valence-electron chi connectivity index (χ4n) is 1.80. The van der Waals surface area contributed by atoms with Gasteiger partial charge in [0, 0.05) is 0 Å². The maximum Gasteiger partial charge on any atom is 0.419 e. The molecule has 0 spiro atoms. The lowest BCUT2D eigenvalue weighted by Crippen LogP contribution is -2.23. The molecular weight excluding hydrogens is 369 g/mol. The minimum atomic E-state index is -4.61. The lowest BCUT2D eigenvalue weighted by atomic mass is 9.98. The highest BCUT2D eigenvalue weighted by Gasteiger charge is 2.34. The van der Waals surface area contributed by atoms with E-state index in [0.717, 1.165) is 32.3 Å². The lowest BCUT2D eigenvalue weighted by molar-refractivity contribution is -0.154. The second-order valence-corrected chi connectivity index (χ2v) is 5.12. The Kier molecular flexibility index (Phi) is 13.8. The number of rotatable bonds is 6. The van der Waals surface area contributed by atoms with Gasteiger partial charge < -0.3 is 26.4 Å². The molecule has 10 heteroatoms. The second-order valence-electron chi connectivity index (χ2n) is 5.12. The van der Waals surface area contributed by atoms with E-state index in [-0.39, 0.29) is 24.2 Å². The number of nitrogens with two attached hydrogens (primary N) is 2. The van der Waals surface area contributed by atoms with Crippen LogP contribution in [0.25, 0.3) is 0 Å². The molecule has 0 bridgehead atoms. The molecule has 1 rings (SSSR count). The average Bonchev–Trinajstić information content (AvgIpc) is 2.55. The smallest absolute Gasteiger partial charge is 0.419 e. The fourth-order valence-corrected chi connectivity index (χ4v) is 1.80. The van der Waals surface area contributed by atoms with Gasteiger partial charge in [-0.2, -0.15) is 13.2 Å². The fraction of sp³-hybridized carbons (Fsp3) is 0.529. The van der Waals surface area contributed by atoms with Gasteiger partial charge in [0.25, 0.3) is 0 Å². The van der Waals surface area contributed by atoms with Gasteiger partial charge in [-0.05, 0) is 43.6 Å². The molecule has 0 unspecified atom stereocenters. The number of aryl methyl sites for hydroxylation is 1. The number of alkyl halides is 3. The number of ether oxygens (including phenoxy) is 1. The Balaban J connectivity index is 0. The number of halogens is 3. The molecule has 0 saturated carbocycles. The highest BCUT2D eigenvalue weighted by molar-refractivity contribution is 5.92. The summed E-state index contributed by atoms with van der Waals surface area (Å²) < 4.78 is 43.0. The second kappa shape index (κ2) is 13.8. The third-order valence-corrected chi connectivity index (χ3v) is 2.89. The van der Waals surface area contributed by atoms with Crippen molar-refractivity contribution in [3.63, 3.8) is 0 Å². The summed E-state index contributed by atoms with van der Waals surface area (Å²) in [5.74, 6) is -5.04. The first-order chi connectivity index (χ1) is 12.5. The maximum atomic E-state index is 12.8. The zero-order chi connectivity index (χ0) is 21.6. The van der Waals surface area contributed by atoms with Crippen molar-refractivity contribution in [3.8, 4) is 5.75 Å². The number of methoxy groups -OCH3 is 1. The van der Waals surface area contributed by atoms with Crippen LogP contribution in [0.15, 0.2) is 18.2 Å². The molecule has 156 valence electrons. The van der Waals surface area contributed by atoms with E-state index in [1.165, 1.54) is 6.07 Å². The Morgan fingerprint density at radius 3 is 1.89 bits per heavy atom. The van der Waals surface area contributed by atoms with E-state index < -0.39 is 29.6 Å². The van der Waals surface area contributed by atoms with Crippen molar-refractivity contribution in [2.24, 2.45) is 17.4 Å². The predicted molar refractivity (Wildman–Crippen MR) is 94.5 cm³/mol. The number of hydrogen-bond acceptors (Lipinski definition) is 5. The van der Waals surface area contributed by atoms with Crippen LogP contribution in [0.1, 0.15) is 31.4 Å². The number of benzene rings is 1. The minimum Gasteiger partial charge on any atom is -0.496 e. The Morgan fingerprint density at radius 1 is 1.11 bits per heavy atom. The van der Waals surface area contributed by atoms with Crippen molar-refractivity contribution in [3.05, 3.63) is 29.3 Å². The number of hydrogen-bond donors (Lipinski definition) is 4. The standard InChI is InChI=1S/C13H13F3O5.2C2H7N/c1-21-10-5-3-7(6-9(10)13(14,15)16)2-4-8(11(17)18)12(19)20;2*1-2-3/h3,5-6,8H,2,4H2,1H3,(H,17,18)(H,19,20);2*2-3H2,1H3. The summed E-state index contributed by atoms with van der Waals surface area (Å²) in [7, 11) is 1.11. The van der Waals surface area contributed by atoms with Crippen LogP contribution < -0.4 is 16.2 Å². The maximum absolute atomic E-state index is 12.8. The molecule has 1 aromatic rings. The molecule has 0 amide bonds. The van der Waals surface area contributed by atoms with Crippen LogP contribution >= 0.6 is 0 Å². The highest BCUT2D eigenvalue weighted by atomic mass is 19.4. The Hall–Kier alpha value is -2.33. The average molecular weight is 396 g/mol. The van der Waals surface area contributed by atoms with E-state index in [1.54, 1.807) is 0 Å². The third kappa shape index (κ3) is 11.1. The van der Waals surface area contributed by atoms with Gasteiger partial charge in [-0.1, -0.05) is 19.9 Å². The monoisotopic (exact) mass is 396 g/mol. The molecule has 0 fully saturated rings. The Bertz CT molecular complexity index is 564. The van der Waals surface area contributed by atoms with Crippen LogP contribution in [-0.2, 0) is 22.2 Å². The van der Waals surface area contributed by atoms with E-state index in [9.17, 15) is 22.8 Å². The van der Waals surface area contributed by atoms with Crippen LogP contribution in [0, 0.1) is 5.92 Å². The van der Waals surface area contributed by atoms with E-state index in [2.05, 4.69) is 4.74 Å². The highest BCUT2D eigenvalue weighted by Crippen LogP contribution is 2.36. The first-order valence-corrected chi connectivity index (χ1v) is 8.09. The van der Waals surface area contributed by atoms with Crippen molar-refractivity contribution in [1.29, 1.82) is 0 Å². The van der Waals surface area contributed by atoms with Crippen LogP contribution in [0.3, 0.4) is 0 Å². The SMILES string of the molecule is CCN.CCN.COc1ccc(CCC(C(=O)O)C(=O)O)cc1C(F)(F)F. The topological polar surface area (TPSA) is 136 Å². The molecule has 0 heterocycles. The molecule has 7 nitrogen and oxygen atoms in total. The first-order valence-electron chi connectivity index (χ1n) is 8.09. The van der Waals surface area contributed by atoms with E-state index in [1.807, 2.05) is 13.8 Å². The van der Waals surface area contributed by atoms with E-state index in [4.69, 9.17) is 21.7 Å². The summed E-state index contributed by atoms with van der Waals surface area (Å²) in [6.07, 6.45) is -5.01. The number of carboxylic acids is 2. The summed E-state index contributed by atoms with van der Waals surface area (Å²) >= 11 is 0. The number of carboxylic acid groups (broad SMARTS) is 2. The van der Waals surface area contributed by atoms with Gasteiger partial charge >= 0.3 is 18.1 Å². The molecule has 1 aromatic carbocycles. The summed E-state index contributed by atoms with van der Waals surface area (Å²) in [6.45, 7) is 5.31. The molecule has 0 aliphatic carbocycles. The molecular formula is C17H27F3N2O5. The summed E-state index contributed by atoms with van der Waals surface area (Å²) in [4.78, 5) is 21.4. The molecule has 6 N–H and O–H groups in total. The van der Waals surface area contributed by atoms with Gasteiger partial charge in [-0.25, -0.2) is 0 Å². The molecule has 0 atom stereocenters. The van der Waals surface area contributed by atoms with Gasteiger partial charge in [-0.3, -0.25) is 9.59 Å². The van der Waals surface area contributed by atoms with Crippen molar-refractivity contribution in [1.82, 2.24) is 0 Å². The Labute approximate surface area is 156 Å². The number of aliphatic carboxylic acids is 2. The molecule has 0 saturated heterocycles. The Morgan fingerprint density at radius 2 is 1.56 bits per heavy atom. The van der Waals surface area contributed by atoms with E-state index >= 15 is 0 Å². The third-order valence-electron chi connectivity index (χ3n) is 2.89. The normalized spacial score (nSPS) is 10.3. The minimum absolute atomic E-state index is 0.101. The van der Waals surface area contributed by atoms with Crippen molar-refractivity contribution < 1.29 is 37.7 Å². The van der Waals surface area contributed by atoms with Crippen molar-refractivity contribution in [2.75, 3.05) is 20.2 Å². The van der Waals surface area contributed by atoms with Crippen molar-refractivity contribution >= 4 is 11.9 Å². The van der Waals surface area contributed by atoms with E-state index in [0.29, 0.717) is 0 Å². The molecule has 0 aliphatic heterocycles. The van der Waals surface area contributed by atoms with Gasteiger partial charge in [0.15, 0.2) is 5.92 Å². The zero-order valence-corrected chi connectivity index (χ0v) is 15.5. The van der Waals surface area contributed by atoms with Gasteiger partial charge in [-0.15, -0.1) is 0 Å². The summed E-state index contributed by atoms with van der Waals surface area (Å²) in [6, 6.07) is 3.29. The van der Waals surface area contributed by atoms with Gasteiger partial charge in [0.2, 0.25) is 0 Å². The lowest BCUT2D eigenvalue weighted by Gasteiger charge is -2.14. The molecule has 0 aliphatic rings. The van der Waals surface area contributed by atoms with Crippen LogP contribution in [0.4, 0.5) is 13.2 Å². The molecule has 0 aromatic heterocycles. The molecule has 27 heavy (non-hydrogen) atoms. The predicted octanol–water partition coefficient (Wildman–Crippen LogP) is 2.36. The van der Waals surface area contributed by atoms with Gasteiger partial charge in [0.1, 0.15) is 5.75 Å². The largest absolute Gasteiger partial charge is 0.496 e. The molecule has 0 radical (unpaired) electrons. The van der Waals surface area contributed by atoms with Crippen LogP contribution in [0.5, 0.6) is 5.75 Å². The number of carbonyl (C=O) groups is 2. The van der Waals surface area contributed by atoms with Crippen LogP contribution in [-0.4, -0.2) is 42.4 Å². The van der Waals surface area contributed by atoms with Gasteiger partial charge in [0.05, 0.1) is 12.7 Å².